The number of imide groups is 1. The van der Waals surface area contributed by atoms with E-state index in [-0.39, 0.29) is 17.7 Å². The van der Waals surface area contributed by atoms with Crippen molar-refractivity contribution in [2.24, 2.45) is 5.92 Å². The number of amides is 3. The molecule has 1 heterocycles. The van der Waals surface area contributed by atoms with Gasteiger partial charge in [-0.05, 0) is 49.3 Å². The summed E-state index contributed by atoms with van der Waals surface area (Å²) in [5, 5.41) is 4.18. The van der Waals surface area contributed by atoms with E-state index in [4.69, 9.17) is 0 Å². The monoisotopic (exact) mass is 352 g/mol. The minimum atomic E-state index is -0.301. The maximum Gasteiger partial charge on any atom is 0.261 e. The van der Waals surface area contributed by atoms with Crippen LogP contribution in [0.4, 0.5) is 0 Å². The number of carbonyl (C=O) groups is 3. The van der Waals surface area contributed by atoms with Crippen LogP contribution in [0, 0.1) is 5.92 Å². The molecule has 1 aliphatic heterocycles. The van der Waals surface area contributed by atoms with E-state index in [0.717, 1.165) is 12.8 Å². The van der Waals surface area contributed by atoms with E-state index >= 15 is 0 Å². The van der Waals surface area contributed by atoms with Gasteiger partial charge in [0.25, 0.3) is 17.7 Å². The highest BCUT2D eigenvalue weighted by molar-refractivity contribution is 6.27. The molecule has 0 fully saturated rings. The minimum absolute atomic E-state index is 0.171. The van der Waals surface area contributed by atoms with E-state index in [9.17, 15) is 14.4 Å². The third-order valence-corrected chi connectivity index (χ3v) is 4.80. The van der Waals surface area contributed by atoms with Gasteiger partial charge in [-0.1, -0.05) is 26.0 Å². The fraction of sp³-hybridized carbons (Fsp3) is 0.381. The van der Waals surface area contributed by atoms with Crippen LogP contribution in [-0.4, -0.2) is 35.7 Å². The van der Waals surface area contributed by atoms with Gasteiger partial charge in [0.15, 0.2) is 0 Å². The van der Waals surface area contributed by atoms with Crippen molar-refractivity contribution in [1.82, 2.24) is 10.2 Å². The maximum atomic E-state index is 12.6. The van der Waals surface area contributed by atoms with Gasteiger partial charge in [-0.3, -0.25) is 19.3 Å². The summed E-state index contributed by atoms with van der Waals surface area (Å²) in [5.41, 5.74) is 1.46. The molecule has 0 radical (unpaired) electrons. The molecule has 3 rings (SSSR count). The first-order chi connectivity index (χ1) is 12.5. The van der Waals surface area contributed by atoms with Gasteiger partial charge in [-0.25, -0.2) is 0 Å². The maximum absolute atomic E-state index is 12.6. The summed E-state index contributed by atoms with van der Waals surface area (Å²) in [6.07, 6.45) is 1.98. The molecule has 0 spiro atoms. The molecular weight excluding hydrogens is 328 g/mol. The van der Waals surface area contributed by atoms with Crippen LogP contribution in [0.15, 0.2) is 30.3 Å². The fourth-order valence-corrected chi connectivity index (χ4v) is 3.44. The van der Waals surface area contributed by atoms with Gasteiger partial charge in [0.1, 0.15) is 0 Å². The van der Waals surface area contributed by atoms with Crippen LogP contribution in [0.25, 0.3) is 10.8 Å². The Kier molecular flexibility index (Phi) is 5.07. The largest absolute Gasteiger partial charge is 0.352 e. The van der Waals surface area contributed by atoms with Gasteiger partial charge >= 0.3 is 0 Å². The van der Waals surface area contributed by atoms with Crippen LogP contribution in [0.3, 0.4) is 0 Å². The van der Waals surface area contributed by atoms with Crippen molar-refractivity contribution in [3.63, 3.8) is 0 Å². The zero-order valence-corrected chi connectivity index (χ0v) is 15.5. The molecule has 5 nitrogen and oxygen atoms in total. The summed E-state index contributed by atoms with van der Waals surface area (Å²) < 4.78 is 0. The Morgan fingerprint density at radius 1 is 1.08 bits per heavy atom. The average Bonchev–Trinajstić information content (AvgIpc) is 2.63. The van der Waals surface area contributed by atoms with Gasteiger partial charge < -0.3 is 5.32 Å². The van der Waals surface area contributed by atoms with Crippen molar-refractivity contribution in [2.45, 2.75) is 33.6 Å². The number of nitrogens with one attached hydrogen (secondary N) is 1. The van der Waals surface area contributed by atoms with Crippen molar-refractivity contribution < 1.29 is 14.4 Å². The number of hydrogen-bond acceptors (Lipinski definition) is 3. The first-order valence-electron chi connectivity index (χ1n) is 9.15. The predicted molar refractivity (Wildman–Crippen MR) is 101 cm³/mol. The highest BCUT2D eigenvalue weighted by atomic mass is 16.2. The second-order valence-corrected chi connectivity index (χ2v) is 7.04. The molecule has 0 aliphatic carbocycles. The Morgan fingerprint density at radius 3 is 2.42 bits per heavy atom. The van der Waals surface area contributed by atoms with Crippen molar-refractivity contribution in [1.29, 1.82) is 0 Å². The highest BCUT2D eigenvalue weighted by Gasteiger charge is 2.32. The van der Waals surface area contributed by atoms with Gasteiger partial charge in [-0.15, -0.1) is 0 Å². The standard InChI is InChI=1S/C21H24N2O3/c1-4-23-20(25)16-9-5-8-14-15(10-11-17(18(14)16)21(23)26)19(24)22-12-6-7-13(2)3/h5,8-11,13H,4,6-7,12H2,1-3H3,(H,22,24). The first-order valence-corrected chi connectivity index (χ1v) is 9.15. The molecule has 26 heavy (non-hydrogen) atoms. The van der Waals surface area contributed by atoms with E-state index in [2.05, 4.69) is 19.2 Å². The summed E-state index contributed by atoms with van der Waals surface area (Å²) in [7, 11) is 0. The van der Waals surface area contributed by atoms with Crippen LogP contribution < -0.4 is 5.32 Å². The summed E-state index contributed by atoms with van der Waals surface area (Å²) in [4.78, 5) is 39.1. The van der Waals surface area contributed by atoms with Crippen LogP contribution in [-0.2, 0) is 0 Å². The van der Waals surface area contributed by atoms with Crippen LogP contribution in [0.1, 0.15) is 64.7 Å². The minimum Gasteiger partial charge on any atom is -0.352 e. The summed E-state index contributed by atoms with van der Waals surface area (Å²) in [6.45, 7) is 7.02. The third kappa shape index (κ3) is 3.09. The molecule has 1 N–H and O–H groups in total. The molecule has 3 amide bonds. The zero-order chi connectivity index (χ0) is 18.8. The van der Waals surface area contributed by atoms with Crippen molar-refractivity contribution >= 4 is 28.5 Å². The van der Waals surface area contributed by atoms with Crippen molar-refractivity contribution in [2.75, 3.05) is 13.1 Å². The quantitative estimate of drug-likeness (QED) is 0.638. The topological polar surface area (TPSA) is 66.5 Å². The van der Waals surface area contributed by atoms with Gasteiger partial charge in [0, 0.05) is 35.2 Å². The second kappa shape index (κ2) is 7.28. The molecule has 136 valence electrons. The molecule has 0 aromatic heterocycles. The molecule has 0 atom stereocenters. The van der Waals surface area contributed by atoms with Crippen molar-refractivity contribution in [3.05, 3.63) is 47.0 Å². The normalized spacial score (nSPS) is 13.6. The number of hydrogen-bond donors (Lipinski definition) is 1. The number of rotatable bonds is 6. The van der Waals surface area contributed by atoms with E-state index < -0.39 is 0 Å². The predicted octanol–water partition coefficient (Wildman–Crippen LogP) is 3.62. The summed E-state index contributed by atoms with van der Waals surface area (Å²) >= 11 is 0. The molecule has 5 heteroatoms. The number of nitrogens with zero attached hydrogens (tertiary/aromatic N) is 1. The van der Waals surface area contributed by atoms with Crippen molar-refractivity contribution in [3.8, 4) is 0 Å². The first kappa shape index (κ1) is 18.1. The Hall–Kier alpha value is -2.69. The fourth-order valence-electron chi connectivity index (χ4n) is 3.44. The lowest BCUT2D eigenvalue weighted by atomic mass is 9.91. The smallest absolute Gasteiger partial charge is 0.261 e. The molecule has 1 aliphatic rings. The Balaban J connectivity index is 1.97. The lowest BCUT2D eigenvalue weighted by molar-refractivity contribution is 0.0619. The summed E-state index contributed by atoms with van der Waals surface area (Å²) in [6, 6.07) is 8.62. The summed E-state index contributed by atoms with van der Waals surface area (Å²) in [5.74, 6) is -0.170. The van der Waals surface area contributed by atoms with Gasteiger partial charge in [-0.2, -0.15) is 0 Å². The Morgan fingerprint density at radius 2 is 1.77 bits per heavy atom. The number of benzene rings is 2. The third-order valence-electron chi connectivity index (χ3n) is 4.80. The van der Waals surface area contributed by atoms with Crippen LogP contribution >= 0.6 is 0 Å². The molecule has 2 aromatic carbocycles. The highest BCUT2D eigenvalue weighted by Crippen LogP contribution is 2.32. The van der Waals surface area contributed by atoms with Gasteiger partial charge in [0.2, 0.25) is 0 Å². The molecule has 0 unspecified atom stereocenters. The Bertz CT molecular complexity index is 864. The SMILES string of the molecule is CCN1C(=O)c2cccc3c(C(=O)NCCCC(C)C)ccc(c23)C1=O. The van der Waals surface area contributed by atoms with Crippen LogP contribution in [0.5, 0.6) is 0 Å². The molecule has 0 saturated carbocycles. The van der Waals surface area contributed by atoms with E-state index in [0.29, 0.717) is 46.5 Å². The van der Waals surface area contributed by atoms with Gasteiger partial charge in [0.05, 0.1) is 0 Å². The van der Waals surface area contributed by atoms with E-state index in [1.807, 2.05) is 0 Å². The second-order valence-electron chi connectivity index (χ2n) is 7.04. The molecular formula is C21H24N2O3. The lowest BCUT2D eigenvalue weighted by Crippen LogP contribution is -2.40. The average molecular weight is 352 g/mol. The lowest BCUT2D eigenvalue weighted by Gasteiger charge is -2.26. The van der Waals surface area contributed by atoms with Crippen LogP contribution in [0.2, 0.25) is 0 Å². The van der Waals surface area contributed by atoms with E-state index in [1.165, 1.54) is 4.90 Å². The zero-order valence-electron chi connectivity index (χ0n) is 15.5. The molecule has 0 saturated heterocycles. The Labute approximate surface area is 153 Å². The molecule has 2 aromatic rings. The molecule has 0 bridgehead atoms. The number of carbonyl (C=O) groups excluding carboxylic acids is 3. The van der Waals surface area contributed by atoms with E-state index in [1.54, 1.807) is 37.3 Å².